The fourth-order valence-corrected chi connectivity index (χ4v) is 3.22. The molecule has 1 radical (unpaired) electrons. The third-order valence-corrected chi connectivity index (χ3v) is 5.19. The second-order valence-electron chi connectivity index (χ2n) is 5.94. The van der Waals surface area contributed by atoms with Crippen LogP contribution in [-0.4, -0.2) is 15.6 Å². The molecule has 0 aliphatic rings. The lowest BCUT2D eigenvalue weighted by Crippen LogP contribution is -2.12. The molecule has 139 valence electrons. The number of rotatable bonds is 10. The maximum atomic E-state index is 6.02. The molecule has 0 saturated carbocycles. The molecular weight excluding hydrogens is 387 g/mol. The van der Waals surface area contributed by atoms with Crippen LogP contribution in [-0.2, 0) is 15.8 Å². The average molecular weight is 410 g/mol. The molecule has 26 heavy (non-hydrogen) atoms. The van der Waals surface area contributed by atoms with Crippen LogP contribution in [0, 0.1) is 0 Å². The Morgan fingerprint density at radius 2 is 1.81 bits per heavy atom. The Morgan fingerprint density at radius 1 is 1.08 bits per heavy atom. The van der Waals surface area contributed by atoms with Crippen LogP contribution >= 0.6 is 23.2 Å². The van der Waals surface area contributed by atoms with Crippen LogP contribution in [0.5, 0.6) is 5.75 Å². The topological polar surface area (TPSA) is 27.7 Å². The van der Waals surface area contributed by atoms with Gasteiger partial charge in [0.15, 0.2) is 0 Å². The van der Waals surface area contributed by atoms with Crippen LogP contribution in [0.3, 0.4) is 0 Å². The van der Waals surface area contributed by atoms with Gasteiger partial charge in [-0.2, -0.15) is 0 Å². The molecule has 2 rings (SSSR count). The summed E-state index contributed by atoms with van der Waals surface area (Å²) in [6.07, 6.45) is 2.19. The minimum absolute atomic E-state index is 0.0713. The predicted octanol–water partition coefficient (Wildman–Crippen LogP) is 6.43. The normalized spacial score (nSPS) is 12.0. The van der Waals surface area contributed by atoms with Crippen molar-refractivity contribution in [3.63, 3.8) is 0 Å². The molecule has 0 amide bonds. The van der Waals surface area contributed by atoms with E-state index in [1.165, 1.54) is 6.26 Å². The zero-order chi connectivity index (χ0) is 18.9. The van der Waals surface area contributed by atoms with E-state index in [0.29, 0.717) is 23.3 Å². The first kappa shape index (κ1) is 20.8. The first-order chi connectivity index (χ1) is 12.5. The van der Waals surface area contributed by atoms with Crippen molar-refractivity contribution in [2.75, 3.05) is 6.61 Å². The molecule has 1 unspecified atom stereocenters. The standard InChI is InChI=1S/C20H23Cl2O3Si/c1-4-23-20(11-12-25-26(2)3)16-6-8-17(9-7-16)24-14-15-5-10-18(21)19(22)13-15/h4-10,13,20H,1,11-12,14H2,2-3H3. The van der Waals surface area contributed by atoms with Crippen molar-refractivity contribution in [2.24, 2.45) is 0 Å². The molecule has 0 aliphatic heterocycles. The monoisotopic (exact) mass is 409 g/mol. The largest absolute Gasteiger partial charge is 0.494 e. The van der Waals surface area contributed by atoms with Crippen molar-refractivity contribution < 1.29 is 13.9 Å². The zero-order valence-corrected chi connectivity index (χ0v) is 17.5. The van der Waals surface area contributed by atoms with Gasteiger partial charge in [-0.05, 0) is 48.5 Å². The molecule has 1 atom stereocenters. The van der Waals surface area contributed by atoms with Gasteiger partial charge in [-0.1, -0.05) is 48.0 Å². The van der Waals surface area contributed by atoms with E-state index in [2.05, 4.69) is 19.7 Å². The number of ether oxygens (including phenoxy) is 2. The van der Waals surface area contributed by atoms with E-state index >= 15 is 0 Å². The highest BCUT2D eigenvalue weighted by Crippen LogP contribution is 2.26. The van der Waals surface area contributed by atoms with Crippen molar-refractivity contribution in [3.8, 4) is 5.75 Å². The van der Waals surface area contributed by atoms with E-state index in [4.69, 9.17) is 37.1 Å². The molecule has 0 heterocycles. The van der Waals surface area contributed by atoms with Crippen molar-refractivity contribution in [1.29, 1.82) is 0 Å². The lowest BCUT2D eigenvalue weighted by molar-refractivity contribution is 0.117. The molecular formula is C20H23Cl2O3Si. The molecule has 0 spiro atoms. The summed E-state index contributed by atoms with van der Waals surface area (Å²) in [5.74, 6) is 0.779. The minimum Gasteiger partial charge on any atom is -0.494 e. The number of benzene rings is 2. The van der Waals surface area contributed by atoms with Crippen LogP contribution in [0.15, 0.2) is 55.3 Å². The Kier molecular flexibility index (Phi) is 8.52. The molecule has 6 heteroatoms. The summed E-state index contributed by atoms with van der Waals surface area (Å²) >= 11 is 11.9. The minimum atomic E-state index is -0.691. The van der Waals surface area contributed by atoms with Crippen LogP contribution in [0.25, 0.3) is 0 Å². The van der Waals surface area contributed by atoms with Crippen molar-refractivity contribution in [1.82, 2.24) is 0 Å². The van der Waals surface area contributed by atoms with Gasteiger partial charge in [-0.15, -0.1) is 0 Å². The molecule has 0 saturated heterocycles. The van der Waals surface area contributed by atoms with Gasteiger partial charge in [-0.3, -0.25) is 0 Å². The van der Waals surface area contributed by atoms with Gasteiger partial charge in [0.1, 0.15) is 18.5 Å². The first-order valence-corrected chi connectivity index (χ1v) is 11.5. The van der Waals surface area contributed by atoms with Crippen LogP contribution in [0.2, 0.25) is 23.1 Å². The second kappa shape index (κ2) is 10.6. The highest BCUT2D eigenvalue weighted by molar-refractivity contribution is 6.48. The molecule has 3 nitrogen and oxygen atoms in total. The van der Waals surface area contributed by atoms with Crippen molar-refractivity contribution in [3.05, 3.63) is 76.5 Å². The molecule has 0 fully saturated rings. The van der Waals surface area contributed by atoms with Crippen molar-refractivity contribution in [2.45, 2.75) is 32.2 Å². The quantitative estimate of drug-likeness (QED) is 0.334. The van der Waals surface area contributed by atoms with Gasteiger partial charge in [0.05, 0.1) is 16.3 Å². The van der Waals surface area contributed by atoms with Crippen LogP contribution in [0.1, 0.15) is 23.7 Å². The number of hydrogen-bond acceptors (Lipinski definition) is 3. The predicted molar refractivity (Wildman–Crippen MR) is 109 cm³/mol. The van der Waals surface area contributed by atoms with E-state index in [-0.39, 0.29) is 6.10 Å². The summed E-state index contributed by atoms with van der Waals surface area (Å²) in [5, 5.41) is 1.06. The molecule has 0 aliphatic carbocycles. The molecule has 2 aromatic carbocycles. The molecule has 0 bridgehead atoms. The van der Waals surface area contributed by atoms with Gasteiger partial charge in [0.25, 0.3) is 0 Å². The summed E-state index contributed by atoms with van der Waals surface area (Å²) in [4.78, 5) is 0. The Balaban J connectivity index is 1.94. The van der Waals surface area contributed by atoms with E-state index < -0.39 is 9.04 Å². The van der Waals surface area contributed by atoms with E-state index in [9.17, 15) is 0 Å². The van der Waals surface area contributed by atoms with Crippen LogP contribution < -0.4 is 4.74 Å². The second-order valence-corrected chi connectivity index (χ2v) is 8.86. The third-order valence-electron chi connectivity index (χ3n) is 3.67. The highest BCUT2D eigenvalue weighted by Gasteiger charge is 2.12. The molecule has 0 aromatic heterocycles. The van der Waals surface area contributed by atoms with E-state index in [0.717, 1.165) is 23.3 Å². The van der Waals surface area contributed by atoms with Crippen LogP contribution in [0.4, 0.5) is 0 Å². The zero-order valence-electron chi connectivity index (χ0n) is 15.0. The highest BCUT2D eigenvalue weighted by atomic mass is 35.5. The van der Waals surface area contributed by atoms with E-state index in [1.807, 2.05) is 36.4 Å². The van der Waals surface area contributed by atoms with Gasteiger partial charge in [0, 0.05) is 13.0 Å². The van der Waals surface area contributed by atoms with E-state index in [1.54, 1.807) is 6.07 Å². The van der Waals surface area contributed by atoms with Gasteiger partial charge >= 0.3 is 0 Å². The summed E-state index contributed by atoms with van der Waals surface area (Å²) in [6.45, 7) is 9.00. The first-order valence-electron chi connectivity index (χ1n) is 8.35. The maximum absolute atomic E-state index is 6.02. The number of halogens is 2. The summed E-state index contributed by atoms with van der Waals surface area (Å²) < 4.78 is 17.2. The van der Waals surface area contributed by atoms with Gasteiger partial charge in [-0.25, -0.2) is 0 Å². The Labute approximate surface area is 167 Å². The SMILES string of the molecule is C=COC(CCO[Si](C)C)c1ccc(OCc2ccc(Cl)c(Cl)c2)cc1. The molecule has 0 N–H and O–H groups in total. The average Bonchev–Trinajstić information content (AvgIpc) is 2.62. The lowest BCUT2D eigenvalue weighted by Gasteiger charge is -2.18. The lowest BCUT2D eigenvalue weighted by atomic mass is 10.1. The Morgan fingerprint density at radius 3 is 2.42 bits per heavy atom. The fourth-order valence-electron chi connectivity index (χ4n) is 2.37. The summed E-state index contributed by atoms with van der Waals surface area (Å²) in [5.41, 5.74) is 2.03. The fraction of sp³-hybridized carbons (Fsp3) is 0.300. The summed E-state index contributed by atoms with van der Waals surface area (Å²) in [6, 6.07) is 13.3. The number of hydrogen-bond donors (Lipinski definition) is 0. The maximum Gasteiger partial charge on any atom is 0.204 e. The summed E-state index contributed by atoms with van der Waals surface area (Å²) in [7, 11) is -0.691. The molecule has 2 aromatic rings. The van der Waals surface area contributed by atoms with Gasteiger partial charge in [0.2, 0.25) is 9.04 Å². The Hall–Kier alpha value is -1.46. The third kappa shape index (κ3) is 6.69. The van der Waals surface area contributed by atoms with Gasteiger partial charge < -0.3 is 13.9 Å². The van der Waals surface area contributed by atoms with Crippen molar-refractivity contribution >= 4 is 32.2 Å². The Bertz CT molecular complexity index is 705. The smallest absolute Gasteiger partial charge is 0.204 e.